The Bertz CT molecular complexity index is 1060. The van der Waals surface area contributed by atoms with Gasteiger partial charge >= 0.3 is 0 Å². The number of aromatic nitrogens is 1. The zero-order valence-corrected chi connectivity index (χ0v) is 15.7. The molecule has 0 aliphatic carbocycles. The summed E-state index contributed by atoms with van der Waals surface area (Å²) in [7, 11) is 1.80. The summed E-state index contributed by atoms with van der Waals surface area (Å²) in [5.41, 5.74) is 3.29. The smallest absolute Gasteiger partial charge is 0.271 e. The largest absolute Gasteiger partial charge is 0.340 e. The van der Waals surface area contributed by atoms with Gasteiger partial charge in [-0.1, -0.05) is 66.7 Å². The molecule has 1 heterocycles. The second kappa shape index (κ2) is 7.69. The van der Waals surface area contributed by atoms with Crippen LogP contribution in [0.25, 0.3) is 10.9 Å². The third kappa shape index (κ3) is 3.54. The van der Waals surface area contributed by atoms with Crippen LogP contribution in [0.1, 0.15) is 21.6 Å². The molecule has 4 rings (SSSR count). The second-order valence-corrected chi connectivity index (χ2v) is 6.89. The van der Waals surface area contributed by atoms with E-state index in [0.29, 0.717) is 29.7 Å². The summed E-state index contributed by atoms with van der Waals surface area (Å²) in [5, 5.41) is 0.465. The number of fused-ring (bicyclic) bond motifs is 1. The van der Waals surface area contributed by atoms with E-state index in [9.17, 15) is 9.18 Å². The van der Waals surface area contributed by atoms with Crippen molar-refractivity contribution in [2.45, 2.75) is 13.1 Å². The molecule has 0 saturated carbocycles. The number of carbonyl (C=O) groups is 1. The SMILES string of the molecule is Cn1c(C(=O)N(Cc2ccccc2)Cc2ccccc2)cc2c(F)cccc21. The van der Waals surface area contributed by atoms with Crippen LogP contribution in [-0.4, -0.2) is 15.4 Å². The fourth-order valence-corrected chi connectivity index (χ4v) is 3.50. The van der Waals surface area contributed by atoms with Crippen LogP contribution in [0, 0.1) is 5.82 Å². The van der Waals surface area contributed by atoms with Crippen LogP contribution in [0.4, 0.5) is 4.39 Å². The number of aryl methyl sites for hydroxylation is 1. The predicted molar refractivity (Wildman–Crippen MR) is 109 cm³/mol. The topological polar surface area (TPSA) is 25.2 Å². The Labute approximate surface area is 163 Å². The molecule has 0 spiro atoms. The summed E-state index contributed by atoms with van der Waals surface area (Å²) in [5.74, 6) is -0.435. The lowest BCUT2D eigenvalue weighted by Crippen LogP contribution is -2.31. The van der Waals surface area contributed by atoms with Gasteiger partial charge in [-0.05, 0) is 29.3 Å². The molecule has 3 aromatic carbocycles. The van der Waals surface area contributed by atoms with Crippen molar-refractivity contribution in [1.82, 2.24) is 9.47 Å². The van der Waals surface area contributed by atoms with E-state index in [4.69, 9.17) is 0 Å². The zero-order valence-electron chi connectivity index (χ0n) is 15.7. The van der Waals surface area contributed by atoms with Crippen LogP contribution in [0.2, 0.25) is 0 Å². The van der Waals surface area contributed by atoms with E-state index >= 15 is 0 Å². The molecule has 1 aromatic heterocycles. The van der Waals surface area contributed by atoms with Gasteiger partial charge in [-0.25, -0.2) is 4.39 Å². The van der Waals surface area contributed by atoms with E-state index in [0.717, 1.165) is 11.1 Å². The molecule has 3 nitrogen and oxygen atoms in total. The average molecular weight is 372 g/mol. The number of carbonyl (C=O) groups excluding carboxylic acids is 1. The Balaban J connectivity index is 1.72. The molecule has 0 fully saturated rings. The highest BCUT2D eigenvalue weighted by molar-refractivity contribution is 5.98. The normalized spacial score (nSPS) is 10.9. The predicted octanol–water partition coefficient (Wildman–Crippen LogP) is 5.16. The highest BCUT2D eigenvalue weighted by atomic mass is 19.1. The van der Waals surface area contributed by atoms with E-state index in [-0.39, 0.29) is 11.7 Å². The molecular formula is C24H21FN2O. The van der Waals surface area contributed by atoms with Gasteiger partial charge in [0.25, 0.3) is 5.91 Å². The highest BCUT2D eigenvalue weighted by Gasteiger charge is 2.21. The number of amides is 1. The molecule has 0 bridgehead atoms. The minimum absolute atomic E-state index is 0.120. The average Bonchev–Trinajstić information content (AvgIpc) is 3.07. The zero-order chi connectivity index (χ0) is 19.5. The van der Waals surface area contributed by atoms with Crippen molar-refractivity contribution in [3.8, 4) is 0 Å². The van der Waals surface area contributed by atoms with Crippen LogP contribution in [-0.2, 0) is 20.1 Å². The molecule has 4 aromatic rings. The number of rotatable bonds is 5. The van der Waals surface area contributed by atoms with Crippen LogP contribution >= 0.6 is 0 Å². The standard InChI is InChI=1S/C24H21FN2O/c1-26-22-14-8-13-21(25)20(22)15-23(26)24(28)27(16-18-9-4-2-5-10-18)17-19-11-6-3-7-12-19/h2-15H,16-17H2,1H3. The number of nitrogens with zero attached hydrogens (tertiary/aromatic N) is 2. The van der Waals surface area contributed by atoms with Crippen LogP contribution in [0.3, 0.4) is 0 Å². The first-order valence-corrected chi connectivity index (χ1v) is 9.24. The molecule has 1 amide bonds. The van der Waals surface area contributed by atoms with E-state index < -0.39 is 0 Å². The third-order valence-electron chi connectivity index (χ3n) is 4.97. The number of hydrogen-bond donors (Lipinski definition) is 0. The van der Waals surface area contributed by atoms with E-state index in [1.165, 1.54) is 6.07 Å². The van der Waals surface area contributed by atoms with Crippen molar-refractivity contribution in [2.24, 2.45) is 7.05 Å². The van der Waals surface area contributed by atoms with Crippen LogP contribution in [0.5, 0.6) is 0 Å². The Hall–Kier alpha value is -3.40. The summed E-state index contributed by atoms with van der Waals surface area (Å²) in [6, 6.07) is 26.4. The second-order valence-electron chi connectivity index (χ2n) is 6.89. The quantitative estimate of drug-likeness (QED) is 0.475. The molecule has 28 heavy (non-hydrogen) atoms. The molecule has 0 aliphatic heterocycles. The van der Waals surface area contributed by atoms with Crippen LogP contribution < -0.4 is 0 Å². The van der Waals surface area contributed by atoms with E-state index in [2.05, 4.69) is 0 Å². The molecule has 0 radical (unpaired) electrons. The maximum atomic E-state index is 14.2. The van der Waals surface area contributed by atoms with Crippen molar-refractivity contribution in [3.63, 3.8) is 0 Å². The van der Waals surface area contributed by atoms with Gasteiger partial charge in [-0.3, -0.25) is 4.79 Å². The fourth-order valence-electron chi connectivity index (χ4n) is 3.50. The lowest BCUT2D eigenvalue weighted by Gasteiger charge is -2.23. The first kappa shape index (κ1) is 18.0. The molecule has 0 atom stereocenters. The third-order valence-corrected chi connectivity index (χ3v) is 4.97. The Morgan fingerprint density at radius 3 is 1.96 bits per heavy atom. The summed E-state index contributed by atoms with van der Waals surface area (Å²) < 4.78 is 16.0. The molecule has 140 valence electrons. The van der Waals surface area contributed by atoms with Crippen molar-refractivity contribution in [3.05, 3.63) is 108 Å². The van der Waals surface area contributed by atoms with Crippen molar-refractivity contribution < 1.29 is 9.18 Å². The van der Waals surface area contributed by atoms with Gasteiger partial charge in [-0.2, -0.15) is 0 Å². The van der Waals surface area contributed by atoms with Crippen LogP contribution in [0.15, 0.2) is 84.9 Å². The van der Waals surface area contributed by atoms with E-state index in [1.807, 2.05) is 66.7 Å². The first-order valence-electron chi connectivity index (χ1n) is 9.24. The molecular weight excluding hydrogens is 351 g/mol. The van der Waals surface area contributed by atoms with Gasteiger partial charge in [-0.15, -0.1) is 0 Å². The fraction of sp³-hybridized carbons (Fsp3) is 0.125. The summed E-state index contributed by atoms with van der Waals surface area (Å²) >= 11 is 0. The minimum atomic E-state index is -0.315. The summed E-state index contributed by atoms with van der Waals surface area (Å²) in [6.07, 6.45) is 0. The molecule has 0 N–H and O–H groups in total. The molecule has 0 aliphatic rings. The molecule has 4 heteroatoms. The van der Waals surface area contributed by atoms with Crippen molar-refractivity contribution in [1.29, 1.82) is 0 Å². The van der Waals surface area contributed by atoms with Crippen molar-refractivity contribution >= 4 is 16.8 Å². The van der Waals surface area contributed by atoms with Gasteiger partial charge in [0.2, 0.25) is 0 Å². The lowest BCUT2D eigenvalue weighted by molar-refractivity contribution is 0.0721. The Morgan fingerprint density at radius 2 is 1.43 bits per heavy atom. The Kier molecular flexibility index (Phi) is 4.94. The van der Waals surface area contributed by atoms with Gasteiger partial charge in [0, 0.05) is 25.5 Å². The molecule has 0 saturated heterocycles. The number of benzene rings is 3. The number of hydrogen-bond acceptors (Lipinski definition) is 1. The highest BCUT2D eigenvalue weighted by Crippen LogP contribution is 2.24. The summed E-state index contributed by atoms with van der Waals surface area (Å²) in [6.45, 7) is 0.969. The van der Waals surface area contributed by atoms with Gasteiger partial charge in [0.15, 0.2) is 0 Å². The van der Waals surface area contributed by atoms with Gasteiger partial charge < -0.3 is 9.47 Å². The Morgan fingerprint density at radius 1 is 0.857 bits per heavy atom. The minimum Gasteiger partial charge on any atom is -0.340 e. The summed E-state index contributed by atoms with van der Waals surface area (Å²) in [4.78, 5) is 15.2. The number of halogens is 1. The van der Waals surface area contributed by atoms with Gasteiger partial charge in [0.05, 0.1) is 5.52 Å². The van der Waals surface area contributed by atoms with E-state index in [1.54, 1.807) is 28.6 Å². The van der Waals surface area contributed by atoms with Crippen molar-refractivity contribution in [2.75, 3.05) is 0 Å². The maximum Gasteiger partial charge on any atom is 0.271 e. The first-order chi connectivity index (χ1) is 13.6. The molecule has 0 unspecified atom stereocenters. The van der Waals surface area contributed by atoms with Gasteiger partial charge in [0.1, 0.15) is 11.5 Å². The lowest BCUT2D eigenvalue weighted by atomic mass is 10.1. The maximum absolute atomic E-state index is 14.2. The monoisotopic (exact) mass is 372 g/mol.